The number of hydrogen-bond donors (Lipinski definition) is 2. The lowest BCUT2D eigenvalue weighted by atomic mass is 10.3. The molecule has 21 heavy (non-hydrogen) atoms. The van der Waals surface area contributed by atoms with Crippen molar-refractivity contribution in [2.45, 2.75) is 4.90 Å². The number of methoxy groups -OCH3 is 1. The first-order chi connectivity index (χ1) is 9.83. The van der Waals surface area contributed by atoms with Crippen molar-refractivity contribution in [3.05, 3.63) is 46.7 Å². The van der Waals surface area contributed by atoms with E-state index in [9.17, 15) is 12.8 Å². The Morgan fingerprint density at radius 2 is 1.95 bits per heavy atom. The van der Waals surface area contributed by atoms with Crippen LogP contribution in [0, 0.1) is 5.82 Å². The highest BCUT2D eigenvalue weighted by molar-refractivity contribution is 9.10. The Hall–Kier alpha value is -1.80. The Morgan fingerprint density at radius 3 is 2.57 bits per heavy atom. The molecule has 2 rings (SSSR count). The van der Waals surface area contributed by atoms with Crippen molar-refractivity contribution < 1.29 is 17.5 Å². The molecule has 3 N–H and O–H groups in total. The maximum Gasteiger partial charge on any atom is 0.262 e. The maximum atomic E-state index is 13.1. The average Bonchev–Trinajstić information content (AvgIpc) is 2.41. The molecule has 2 aromatic rings. The van der Waals surface area contributed by atoms with Gasteiger partial charge in [-0.2, -0.15) is 0 Å². The minimum Gasteiger partial charge on any atom is -0.495 e. The molecule has 0 heterocycles. The molecule has 5 nitrogen and oxygen atoms in total. The SMILES string of the molecule is COc1ccc(Br)cc1NS(=O)(=O)c1ccc(F)c(N)c1. The quantitative estimate of drug-likeness (QED) is 0.806. The van der Waals surface area contributed by atoms with Crippen LogP contribution >= 0.6 is 15.9 Å². The summed E-state index contributed by atoms with van der Waals surface area (Å²) in [5, 5.41) is 0. The number of anilines is 2. The van der Waals surface area contributed by atoms with Gasteiger partial charge in [0.25, 0.3) is 10.0 Å². The smallest absolute Gasteiger partial charge is 0.262 e. The second-order valence-corrected chi connectivity index (χ2v) is 6.73. The molecule has 112 valence electrons. The predicted molar refractivity (Wildman–Crippen MR) is 82.3 cm³/mol. The van der Waals surface area contributed by atoms with E-state index in [4.69, 9.17) is 10.5 Å². The molecular formula is C13H12BrFN2O3S. The summed E-state index contributed by atoms with van der Waals surface area (Å²) in [6.07, 6.45) is 0. The van der Waals surface area contributed by atoms with Gasteiger partial charge in [-0.15, -0.1) is 0 Å². The number of nitrogens with two attached hydrogens (primary N) is 1. The van der Waals surface area contributed by atoms with Crippen LogP contribution in [-0.2, 0) is 10.0 Å². The van der Waals surface area contributed by atoms with Gasteiger partial charge in [0.1, 0.15) is 11.6 Å². The van der Waals surface area contributed by atoms with E-state index in [1.54, 1.807) is 18.2 Å². The molecule has 0 radical (unpaired) electrons. The third-order valence-electron chi connectivity index (χ3n) is 2.68. The van der Waals surface area contributed by atoms with Crippen LogP contribution < -0.4 is 15.2 Å². The normalized spacial score (nSPS) is 11.2. The summed E-state index contributed by atoms with van der Waals surface area (Å²) < 4.78 is 45.8. The van der Waals surface area contributed by atoms with E-state index in [0.29, 0.717) is 10.2 Å². The molecule has 0 spiro atoms. The number of sulfonamides is 1. The molecule has 0 aromatic heterocycles. The van der Waals surface area contributed by atoms with Crippen molar-refractivity contribution in [3.8, 4) is 5.75 Å². The van der Waals surface area contributed by atoms with Gasteiger partial charge in [-0.25, -0.2) is 12.8 Å². The molecule has 2 aromatic carbocycles. The Labute approximate surface area is 130 Å². The van der Waals surface area contributed by atoms with Crippen LogP contribution in [0.15, 0.2) is 45.8 Å². The Kier molecular flexibility index (Phi) is 4.38. The second kappa shape index (κ2) is 5.90. The minimum absolute atomic E-state index is 0.136. The first kappa shape index (κ1) is 15.6. The van der Waals surface area contributed by atoms with E-state index in [-0.39, 0.29) is 16.3 Å². The Bertz CT molecular complexity index is 781. The summed E-state index contributed by atoms with van der Waals surface area (Å²) in [6.45, 7) is 0. The summed E-state index contributed by atoms with van der Waals surface area (Å²) in [6, 6.07) is 8.08. The van der Waals surface area contributed by atoms with Crippen LogP contribution in [0.1, 0.15) is 0 Å². The number of nitrogens with one attached hydrogen (secondary N) is 1. The standard InChI is InChI=1S/C13H12BrFN2O3S/c1-20-13-5-2-8(14)6-12(13)17-21(18,19)9-3-4-10(15)11(16)7-9/h2-7,17H,16H2,1H3. The molecule has 0 aliphatic heterocycles. The van der Waals surface area contributed by atoms with Gasteiger partial charge in [0, 0.05) is 4.47 Å². The van der Waals surface area contributed by atoms with Gasteiger partial charge in [0.05, 0.1) is 23.4 Å². The number of ether oxygens (including phenoxy) is 1. The number of benzene rings is 2. The Morgan fingerprint density at radius 1 is 1.24 bits per heavy atom. The minimum atomic E-state index is -3.90. The topological polar surface area (TPSA) is 81.4 Å². The van der Waals surface area contributed by atoms with E-state index in [1.807, 2.05) is 0 Å². The van der Waals surface area contributed by atoms with Gasteiger partial charge in [-0.05, 0) is 36.4 Å². The van der Waals surface area contributed by atoms with Crippen molar-refractivity contribution in [1.82, 2.24) is 0 Å². The van der Waals surface area contributed by atoms with Crippen LogP contribution in [0.4, 0.5) is 15.8 Å². The lowest BCUT2D eigenvalue weighted by Crippen LogP contribution is -2.14. The fourth-order valence-corrected chi connectivity index (χ4v) is 3.11. The number of rotatable bonds is 4. The van der Waals surface area contributed by atoms with Crippen LogP contribution in [0.5, 0.6) is 5.75 Å². The molecule has 0 aliphatic rings. The molecular weight excluding hydrogens is 363 g/mol. The van der Waals surface area contributed by atoms with Gasteiger partial charge in [0.2, 0.25) is 0 Å². The third kappa shape index (κ3) is 3.45. The molecule has 0 aliphatic carbocycles. The highest BCUT2D eigenvalue weighted by Gasteiger charge is 2.18. The van der Waals surface area contributed by atoms with Crippen molar-refractivity contribution in [2.24, 2.45) is 0 Å². The van der Waals surface area contributed by atoms with E-state index in [1.165, 1.54) is 7.11 Å². The van der Waals surface area contributed by atoms with Crippen LogP contribution in [0.25, 0.3) is 0 Å². The summed E-state index contributed by atoms with van der Waals surface area (Å²) >= 11 is 3.25. The van der Waals surface area contributed by atoms with Crippen molar-refractivity contribution >= 4 is 37.3 Å². The monoisotopic (exact) mass is 374 g/mol. The zero-order chi connectivity index (χ0) is 15.6. The van der Waals surface area contributed by atoms with Gasteiger partial charge in [-0.3, -0.25) is 4.72 Å². The number of halogens is 2. The molecule has 0 amide bonds. The first-order valence-electron chi connectivity index (χ1n) is 5.75. The number of nitrogen functional groups attached to an aromatic ring is 1. The van der Waals surface area contributed by atoms with Crippen LogP contribution in [0.3, 0.4) is 0 Å². The lowest BCUT2D eigenvalue weighted by Gasteiger charge is -2.12. The van der Waals surface area contributed by atoms with Crippen molar-refractivity contribution in [1.29, 1.82) is 0 Å². The molecule has 8 heteroatoms. The zero-order valence-electron chi connectivity index (χ0n) is 10.9. The molecule has 0 saturated carbocycles. The van der Waals surface area contributed by atoms with E-state index < -0.39 is 15.8 Å². The van der Waals surface area contributed by atoms with Crippen molar-refractivity contribution in [2.75, 3.05) is 17.6 Å². The second-order valence-electron chi connectivity index (χ2n) is 4.13. The predicted octanol–water partition coefficient (Wildman–Crippen LogP) is 2.98. The lowest BCUT2D eigenvalue weighted by molar-refractivity contribution is 0.417. The van der Waals surface area contributed by atoms with Gasteiger partial charge in [-0.1, -0.05) is 15.9 Å². The number of hydrogen-bond acceptors (Lipinski definition) is 4. The Balaban J connectivity index is 2.41. The largest absolute Gasteiger partial charge is 0.495 e. The van der Waals surface area contributed by atoms with E-state index in [0.717, 1.165) is 18.2 Å². The summed E-state index contributed by atoms with van der Waals surface area (Å²) in [7, 11) is -2.47. The maximum absolute atomic E-state index is 13.1. The van der Waals surface area contributed by atoms with Gasteiger partial charge < -0.3 is 10.5 Å². The van der Waals surface area contributed by atoms with Crippen molar-refractivity contribution in [3.63, 3.8) is 0 Å². The third-order valence-corrected chi connectivity index (χ3v) is 4.54. The first-order valence-corrected chi connectivity index (χ1v) is 8.02. The van der Waals surface area contributed by atoms with E-state index in [2.05, 4.69) is 20.7 Å². The average molecular weight is 375 g/mol. The van der Waals surface area contributed by atoms with Crippen LogP contribution in [-0.4, -0.2) is 15.5 Å². The molecule has 0 saturated heterocycles. The highest BCUT2D eigenvalue weighted by Crippen LogP contribution is 2.30. The van der Waals surface area contributed by atoms with Crippen LogP contribution in [0.2, 0.25) is 0 Å². The molecule has 0 unspecified atom stereocenters. The molecule has 0 fully saturated rings. The highest BCUT2D eigenvalue weighted by atomic mass is 79.9. The summed E-state index contributed by atoms with van der Waals surface area (Å²) in [5.41, 5.74) is 5.41. The fraction of sp³-hybridized carbons (Fsp3) is 0.0769. The van der Waals surface area contributed by atoms with E-state index >= 15 is 0 Å². The summed E-state index contributed by atoms with van der Waals surface area (Å²) in [5.74, 6) is -0.314. The molecule has 0 bridgehead atoms. The van der Waals surface area contributed by atoms with Gasteiger partial charge >= 0.3 is 0 Å². The zero-order valence-corrected chi connectivity index (χ0v) is 13.3. The fourth-order valence-electron chi connectivity index (χ4n) is 1.65. The van der Waals surface area contributed by atoms with Gasteiger partial charge in [0.15, 0.2) is 0 Å². The summed E-state index contributed by atoms with van der Waals surface area (Å²) in [4.78, 5) is -0.136. The molecule has 0 atom stereocenters.